The van der Waals surface area contributed by atoms with E-state index in [1.807, 2.05) is 6.07 Å². The number of hydrogen-bond acceptors (Lipinski definition) is 2. The van der Waals surface area contributed by atoms with Crippen molar-refractivity contribution in [2.24, 2.45) is 5.92 Å². The van der Waals surface area contributed by atoms with Crippen molar-refractivity contribution < 1.29 is 5.11 Å². The minimum Gasteiger partial charge on any atom is -0.508 e. The fourth-order valence-electron chi connectivity index (χ4n) is 2.32. The lowest BCUT2D eigenvalue weighted by atomic mass is 9.92. The number of nitrogens with one attached hydrogen (secondary N) is 1. The van der Waals surface area contributed by atoms with Crippen LogP contribution in [0.1, 0.15) is 24.8 Å². The summed E-state index contributed by atoms with van der Waals surface area (Å²) in [4.78, 5) is 0. The quantitative estimate of drug-likeness (QED) is 0.832. The second-order valence-electron chi connectivity index (χ2n) is 4.52. The van der Waals surface area contributed by atoms with E-state index in [-0.39, 0.29) is 0 Å². The van der Waals surface area contributed by atoms with Gasteiger partial charge in [-0.2, -0.15) is 0 Å². The highest BCUT2D eigenvalue weighted by Gasteiger charge is 2.14. The first-order valence-corrected chi connectivity index (χ1v) is 6.31. The van der Waals surface area contributed by atoms with E-state index < -0.39 is 0 Å². The van der Waals surface area contributed by atoms with Crippen molar-refractivity contribution in [1.29, 1.82) is 0 Å². The lowest BCUT2D eigenvalue weighted by molar-refractivity contribution is 0.436. The van der Waals surface area contributed by atoms with Crippen LogP contribution in [0.3, 0.4) is 0 Å². The molecule has 1 aromatic rings. The lowest BCUT2D eigenvalue weighted by Gasteiger charge is -2.14. The summed E-state index contributed by atoms with van der Waals surface area (Å²) in [6.45, 7) is 2.21. The first-order chi connectivity index (χ1) is 7.75. The molecule has 0 radical (unpaired) electrons. The van der Waals surface area contributed by atoms with E-state index in [0.717, 1.165) is 25.1 Å². The molecule has 0 spiro atoms. The Labute approximate surface area is 102 Å². The summed E-state index contributed by atoms with van der Waals surface area (Å²) in [7, 11) is 0. The fourth-order valence-corrected chi connectivity index (χ4v) is 2.52. The van der Waals surface area contributed by atoms with Gasteiger partial charge in [-0.25, -0.2) is 0 Å². The van der Waals surface area contributed by atoms with Gasteiger partial charge in [0.2, 0.25) is 0 Å². The largest absolute Gasteiger partial charge is 0.508 e. The number of benzene rings is 1. The number of halogens is 1. The van der Waals surface area contributed by atoms with Crippen LogP contribution in [-0.4, -0.2) is 18.2 Å². The highest BCUT2D eigenvalue weighted by atomic mass is 35.5. The zero-order valence-corrected chi connectivity index (χ0v) is 10.1. The minimum atomic E-state index is 0.376. The molecule has 0 aliphatic carbocycles. The fraction of sp³-hybridized carbons (Fsp3) is 0.538. The standard InChI is InChI=1S/C13H18ClNO/c14-12-3-4-13(16)11(9-12)8-10-2-1-6-15-7-5-10/h3-4,9-10,15-16H,1-2,5-8H2. The van der Waals surface area contributed by atoms with E-state index in [0.29, 0.717) is 16.7 Å². The Morgan fingerprint density at radius 1 is 1.31 bits per heavy atom. The molecule has 0 aromatic heterocycles. The molecular formula is C13H18ClNO. The Kier molecular flexibility index (Phi) is 4.08. The van der Waals surface area contributed by atoms with Crippen molar-refractivity contribution in [3.63, 3.8) is 0 Å². The molecule has 16 heavy (non-hydrogen) atoms. The maximum Gasteiger partial charge on any atom is 0.118 e. The highest BCUT2D eigenvalue weighted by Crippen LogP contribution is 2.27. The van der Waals surface area contributed by atoms with Crippen LogP contribution in [-0.2, 0) is 6.42 Å². The predicted octanol–water partition coefficient (Wildman–Crippen LogP) is 2.98. The van der Waals surface area contributed by atoms with E-state index in [1.165, 1.54) is 19.3 Å². The molecule has 1 aliphatic rings. The SMILES string of the molecule is Oc1ccc(Cl)cc1CC1CCCNCC1. The summed E-state index contributed by atoms with van der Waals surface area (Å²) in [5.74, 6) is 1.04. The Hall–Kier alpha value is -0.730. The molecule has 0 bridgehead atoms. The molecule has 1 aliphatic heterocycles. The van der Waals surface area contributed by atoms with Gasteiger partial charge in [0.25, 0.3) is 0 Å². The summed E-state index contributed by atoms with van der Waals surface area (Å²) in [5.41, 5.74) is 0.986. The number of phenols is 1. The van der Waals surface area contributed by atoms with Gasteiger partial charge < -0.3 is 10.4 Å². The Morgan fingerprint density at radius 2 is 2.19 bits per heavy atom. The molecule has 0 saturated carbocycles. The number of aromatic hydroxyl groups is 1. The monoisotopic (exact) mass is 239 g/mol. The average Bonchev–Trinajstić information content (AvgIpc) is 2.52. The smallest absolute Gasteiger partial charge is 0.118 e. The van der Waals surface area contributed by atoms with Gasteiger partial charge in [0.15, 0.2) is 0 Å². The van der Waals surface area contributed by atoms with Crippen LogP contribution in [0.15, 0.2) is 18.2 Å². The lowest BCUT2D eigenvalue weighted by Crippen LogP contribution is -2.14. The van der Waals surface area contributed by atoms with E-state index >= 15 is 0 Å². The van der Waals surface area contributed by atoms with Crippen LogP contribution in [0.4, 0.5) is 0 Å². The summed E-state index contributed by atoms with van der Waals surface area (Å²) in [5, 5.41) is 13.9. The second kappa shape index (κ2) is 5.55. The molecule has 2 N–H and O–H groups in total. The van der Waals surface area contributed by atoms with Crippen LogP contribution in [0.25, 0.3) is 0 Å². The van der Waals surface area contributed by atoms with Crippen molar-refractivity contribution in [3.05, 3.63) is 28.8 Å². The van der Waals surface area contributed by atoms with Gasteiger partial charge in [-0.1, -0.05) is 11.6 Å². The molecule has 1 fully saturated rings. The average molecular weight is 240 g/mol. The molecule has 2 nitrogen and oxygen atoms in total. The van der Waals surface area contributed by atoms with E-state index in [9.17, 15) is 5.11 Å². The Bertz CT molecular complexity index is 346. The van der Waals surface area contributed by atoms with Crippen LogP contribution in [0, 0.1) is 5.92 Å². The van der Waals surface area contributed by atoms with Crippen LogP contribution in [0.2, 0.25) is 5.02 Å². The molecule has 0 amide bonds. The third-order valence-corrected chi connectivity index (χ3v) is 3.48. The van der Waals surface area contributed by atoms with E-state index in [2.05, 4.69) is 5.32 Å². The summed E-state index contributed by atoms with van der Waals surface area (Å²) in [6.07, 6.45) is 4.59. The number of phenolic OH excluding ortho intramolecular Hbond substituents is 1. The molecule has 88 valence electrons. The molecule has 1 aromatic carbocycles. The summed E-state index contributed by atoms with van der Waals surface area (Å²) >= 11 is 5.94. The molecule has 2 rings (SSSR count). The van der Waals surface area contributed by atoms with Crippen molar-refractivity contribution in [2.45, 2.75) is 25.7 Å². The third-order valence-electron chi connectivity index (χ3n) is 3.25. The molecule has 1 atom stereocenters. The highest BCUT2D eigenvalue weighted by molar-refractivity contribution is 6.30. The zero-order valence-electron chi connectivity index (χ0n) is 9.38. The van der Waals surface area contributed by atoms with Crippen LogP contribution < -0.4 is 5.32 Å². The molecule has 1 unspecified atom stereocenters. The van der Waals surface area contributed by atoms with Gasteiger partial charge in [-0.15, -0.1) is 0 Å². The van der Waals surface area contributed by atoms with Gasteiger partial charge in [-0.05, 0) is 68.5 Å². The normalized spacial score (nSPS) is 21.7. The van der Waals surface area contributed by atoms with E-state index in [1.54, 1.807) is 12.1 Å². The van der Waals surface area contributed by atoms with Crippen molar-refractivity contribution >= 4 is 11.6 Å². The number of hydrogen-bond donors (Lipinski definition) is 2. The van der Waals surface area contributed by atoms with Gasteiger partial charge >= 0.3 is 0 Å². The first kappa shape index (κ1) is 11.7. The number of rotatable bonds is 2. The van der Waals surface area contributed by atoms with Gasteiger partial charge in [0.1, 0.15) is 5.75 Å². The minimum absolute atomic E-state index is 0.376. The summed E-state index contributed by atoms with van der Waals surface area (Å²) < 4.78 is 0. The molecule has 1 saturated heterocycles. The Balaban J connectivity index is 2.04. The molecule has 1 heterocycles. The molecular weight excluding hydrogens is 222 g/mol. The van der Waals surface area contributed by atoms with E-state index in [4.69, 9.17) is 11.6 Å². The summed E-state index contributed by atoms with van der Waals surface area (Å²) in [6, 6.07) is 5.30. The molecule has 3 heteroatoms. The predicted molar refractivity (Wildman–Crippen MR) is 67.0 cm³/mol. The topological polar surface area (TPSA) is 32.3 Å². The van der Waals surface area contributed by atoms with Crippen molar-refractivity contribution in [2.75, 3.05) is 13.1 Å². The maximum atomic E-state index is 9.76. The van der Waals surface area contributed by atoms with Gasteiger partial charge in [-0.3, -0.25) is 0 Å². The van der Waals surface area contributed by atoms with Crippen LogP contribution in [0.5, 0.6) is 5.75 Å². The Morgan fingerprint density at radius 3 is 3.06 bits per heavy atom. The van der Waals surface area contributed by atoms with Crippen molar-refractivity contribution in [3.8, 4) is 5.75 Å². The first-order valence-electron chi connectivity index (χ1n) is 5.94. The zero-order chi connectivity index (χ0) is 11.4. The van der Waals surface area contributed by atoms with Crippen molar-refractivity contribution in [1.82, 2.24) is 5.32 Å². The third kappa shape index (κ3) is 3.13. The van der Waals surface area contributed by atoms with Gasteiger partial charge in [0, 0.05) is 5.02 Å². The van der Waals surface area contributed by atoms with Crippen LogP contribution >= 0.6 is 11.6 Å². The maximum absolute atomic E-state index is 9.76. The van der Waals surface area contributed by atoms with Gasteiger partial charge in [0.05, 0.1) is 0 Å². The second-order valence-corrected chi connectivity index (χ2v) is 4.96.